The number of fused-ring (bicyclic) bond motifs is 1. The molecule has 154 valence electrons. The van der Waals surface area contributed by atoms with E-state index >= 15 is 0 Å². The lowest BCUT2D eigenvalue weighted by Gasteiger charge is -2.12. The average molecular weight is 426 g/mol. The molecule has 0 saturated carbocycles. The molecule has 10 nitrogen and oxygen atoms in total. The Morgan fingerprint density at radius 1 is 1.31 bits per heavy atom. The van der Waals surface area contributed by atoms with Crippen LogP contribution in [0.25, 0.3) is 11.0 Å². The predicted molar refractivity (Wildman–Crippen MR) is 101 cm³/mol. The summed E-state index contributed by atoms with van der Waals surface area (Å²) in [6, 6.07) is 3.11. The highest BCUT2D eigenvalue weighted by Crippen LogP contribution is 2.26. The largest absolute Gasteiger partial charge is 0.479 e. The Kier molecular flexibility index (Phi) is 5.61. The van der Waals surface area contributed by atoms with Gasteiger partial charge in [0.15, 0.2) is 11.5 Å². The molecule has 0 unspecified atom stereocenters. The Labute approximate surface area is 163 Å². The molecule has 0 atom stereocenters. The molecule has 0 aliphatic rings. The second kappa shape index (κ2) is 7.97. The van der Waals surface area contributed by atoms with Crippen molar-refractivity contribution in [2.24, 2.45) is 0 Å². The van der Waals surface area contributed by atoms with Crippen molar-refractivity contribution in [2.45, 2.75) is 6.92 Å². The summed E-state index contributed by atoms with van der Waals surface area (Å²) in [6.07, 6.45) is 1.26. The van der Waals surface area contributed by atoms with E-state index in [1.165, 1.54) is 26.3 Å². The standard InChI is InChI=1S/C16H16F2N6O4S/c1-3-20-29(26,27)24-11-5-4-10(17)12(13(11)18)15(25)21-8-6-9-14(19-7-8)22-23-16(9)28-2/h4-7,20,24H,3H2,1-2H3,(H,21,25)(H,19,22,23). The number of halogens is 2. The van der Waals surface area contributed by atoms with Crippen molar-refractivity contribution < 1.29 is 26.7 Å². The molecule has 29 heavy (non-hydrogen) atoms. The predicted octanol–water partition coefficient (Wildman–Crippen LogP) is 1.76. The van der Waals surface area contributed by atoms with Crippen LogP contribution in [0.15, 0.2) is 24.4 Å². The number of amides is 1. The molecular weight excluding hydrogens is 410 g/mol. The highest BCUT2D eigenvalue weighted by Gasteiger charge is 2.23. The first kappa shape index (κ1) is 20.4. The number of carbonyl (C=O) groups excluding carboxylic acids is 1. The van der Waals surface area contributed by atoms with Gasteiger partial charge >= 0.3 is 0 Å². The first-order chi connectivity index (χ1) is 13.8. The van der Waals surface area contributed by atoms with Gasteiger partial charge in [-0.1, -0.05) is 6.92 Å². The number of nitrogens with zero attached hydrogens (tertiary/aromatic N) is 2. The maximum absolute atomic E-state index is 14.7. The second-order valence-corrected chi connectivity index (χ2v) is 7.19. The minimum absolute atomic E-state index is 0.0540. The Bertz CT molecular complexity index is 1180. The topological polar surface area (TPSA) is 138 Å². The summed E-state index contributed by atoms with van der Waals surface area (Å²) in [5.41, 5.74) is -1.03. The van der Waals surface area contributed by atoms with Crippen LogP contribution in [-0.2, 0) is 10.2 Å². The SMILES string of the molecule is CCNS(=O)(=O)Nc1ccc(F)c(C(=O)Nc2cnc3[nH]nc(OC)c3c2)c1F. The molecule has 0 fully saturated rings. The number of H-pyrrole nitrogens is 1. The van der Waals surface area contributed by atoms with Crippen molar-refractivity contribution in [2.75, 3.05) is 23.7 Å². The van der Waals surface area contributed by atoms with Gasteiger partial charge < -0.3 is 10.1 Å². The van der Waals surface area contributed by atoms with Gasteiger partial charge in [0.2, 0.25) is 5.88 Å². The van der Waals surface area contributed by atoms with Gasteiger partial charge in [0, 0.05) is 6.54 Å². The molecule has 0 aliphatic carbocycles. The van der Waals surface area contributed by atoms with Crippen molar-refractivity contribution in [3.8, 4) is 5.88 Å². The van der Waals surface area contributed by atoms with Crippen molar-refractivity contribution in [3.05, 3.63) is 41.6 Å². The van der Waals surface area contributed by atoms with Gasteiger partial charge in [-0.25, -0.2) is 13.8 Å². The van der Waals surface area contributed by atoms with E-state index in [4.69, 9.17) is 4.74 Å². The molecule has 2 aromatic heterocycles. The number of hydrogen-bond acceptors (Lipinski definition) is 6. The van der Waals surface area contributed by atoms with Gasteiger partial charge in [-0.2, -0.15) is 13.1 Å². The van der Waals surface area contributed by atoms with E-state index in [1.54, 1.807) is 0 Å². The van der Waals surface area contributed by atoms with E-state index in [9.17, 15) is 22.0 Å². The van der Waals surface area contributed by atoms with Gasteiger partial charge in [0.25, 0.3) is 16.1 Å². The molecule has 1 aromatic carbocycles. The van der Waals surface area contributed by atoms with Gasteiger partial charge in [-0.15, -0.1) is 5.10 Å². The smallest absolute Gasteiger partial charge is 0.299 e. The minimum atomic E-state index is -4.08. The molecule has 2 heterocycles. The maximum atomic E-state index is 14.7. The summed E-state index contributed by atoms with van der Waals surface area (Å²) in [4.78, 5) is 16.5. The van der Waals surface area contributed by atoms with E-state index in [-0.39, 0.29) is 18.1 Å². The third kappa shape index (κ3) is 4.25. The quantitative estimate of drug-likeness (QED) is 0.454. The number of rotatable bonds is 7. The number of aromatic amines is 1. The molecule has 3 aromatic rings. The highest BCUT2D eigenvalue weighted by atomic mass is 32.2. The Morgan fingerprint density at radius 2 is 2.07 bits per heavy atom. The van der Waals surface area contributed by atoms with E-state index in [1.807, 2.05) is 4.72 Å². The van der Waals surface area contributed by atoms with Crippen molar-refractivity contribution in [1.82, 2.24) is 19.9 Å². The van der Waals surface area contributed by atoms with Crippen LogP contribution in [0.1, 0.15) is 17.3 Å². The Balaban J connectivity index is 1.92. The third-order valence-electron chi connectivity index (χ3n) is 3.73. The summed E-state index contributed by atoms with van der Waals surface area (Å²) in [6.45, 7) is 1.58. The van der Waals surface area contributed by atoms with Crippen molar-refractivity contribution in [1.29, 1.82) is 0 Å². The first-order valence-corrected chi connectivity index (χ1v) is 9.69. The normalized spacial score (nSPS) is 11.4. The van der Waals surface area contributed by atoms with E-state index in [0.29, 0.717) is 11.0 Å². The molecule has 0 spiro atoms. The lowest BCUT2D eigenvalue weighted by atomic mass is 10.1. The van der Waals surface area contributed by atoms with Gasteiger partial charge in [0.05, 0.1) is 30.1 Å². The summed E-state index contributed by atoms with van der Waals surface area (Å²) >= 11 is 0. The first-order valence-electron chi connectivity index (χ1n) is 8.20. The summed E-state index contributed by atoms with van der Waals surface area (Å²) < 4.78 is 61.4. The van der Waals surface area contributed by atoms with Gasteiger partial charge in [-0.05, 0) is 18.2 Å². The number of hydrogen-bond donors (Lipinski definition) is 4. The van der Waals surface area contributed by atoms with E-state index in [2.05, 4.69) is 25.2 Å². The molecule has 13 heteroatoms. The lowest BCUT2D eigenvalue weighted by Crippen LogP contribution is -2.30. The zero-order valence-corrected chi connectivity index (χ0v) is 16.0. The Morgan fingerprint density at radius 3 is 2.76 bits per heavy atom. The van der Waals surface area contributed by atoms with Crippen LogP contribution in [0.5, 0.6) is 5.88 Å². The number of methoxy groups -OCH3 is 1. The Hall–Kier alpha value is -3.32. The molecular formula is C16H16F2N6O4S. The summed E-state index contributed by atoms with van der Waals surface area (Å²) in [5, 5.41) is 9.25. The van der Waals surface area contributed by atoms with Crippen molar-refractivity contribution in [3.63, 3.8) is 0 Å². The fourth-order valence-electron chi connectivity index (χ4n) is 2.51. The molecule has 0 radical (unpaired) electrons. The molecule has 0 bridgehead atoms. The van der Waals surface area contributed by atoms with Crippen LogP contribution in [0.4, 0.5) is 20.2 Å². The van der Waals surface area contributed by atoms with E-state index in [0.717, 1.165) is 12.1 Å². The summed E-state index contributed by atoms with van der Waals surface area (Å²) in [7, 11) is -2.68. The monoisotopic (exact) mass is 426 g/mol. The zero-order chi connectivity index (χ0) is 21.2. The number of benzene rings is 1. The van der Waals surface area contributed by atoms with Crippen LogP contribution < -0.4 is 19.5 Å². The van der Waals surface area contributed by atoms with Crippen molar-refractivity contribution >= 4 is 38.5 Å². The number of anilines is 2. The third-order valence-corrected chi connectivity index (χ3v) is 4.89. The van der Waals surface area contributed by atoms with Crippen LogP contribution in [-0.4, -0.2) is 43.2 Å². The molecule has 3 rings (SSSR count). The number of ether oxygens (including phenoxy) is 1. The number of aromatic nitrogens is 3. The fraction of sp³-hybridized carbons (Fsp3) is 0.188. The van der Waals surface area contributed by atoms with Crippen LogP contribution in [0, 0.1) is 11.6 Å². The number of nitrogens with one attached hydrogen (secondary N) is 4. The van der Waals surface area contributed by atoms with E-state index < -0.39 is 39.0 Å². The molecule has 0 aliphatic heterocycles. The van der Waals surface area contributed by atoms with Gasteiger partial charge in [-0.3, -0.25) is 14.6 Å². The highest BCUT2D eigenvalue weighted by molar-refractivity contribution is 7.90. The van der Waals surface area contributed by atoms with Crippen LogP contribution in [0.2, 0.25) is 0 Å². The fourth-order valence-corrected chi connectivity index (χ4v) is 3.41. The zero-order valence-electron chi connectivity index (χ0n) is 15.2. The lowest BCUT2D eigenvalue weighted by molar-refractivity contribution is 0.101. The average Bonchev–Trinajstić information content (AvgIpc) is 3.06. The maximum Gasteiger partial charge on any atom is 0.299 e. The summed E-state index contributed by atoms with van der Waals surface area (Å²) in [5.74, 6) is -3.44. The second-order valence-electron chi connectivity index (χ2n) is 5.69. The number of carbonyl (C=O) groups is 1. The molecule has 0 saturated heterocycles. The van der Waals surface area contributed by atoms with Gasteiger partial charge in [0.1, 0.15) is 11.4 Å². The minimum Gasteiger partial charge on any atom is -0.479 e. The van der Waals surface area contributed by atoms with Crippen LogP contribution >= 0.6 is 0 Å². The molecule has 4 N–H and O–H groups in total. The van der Waals surface area contributed by atoms with Crippen LogP contribution in [0.3, 0.4) is 0 Å². The number of pyridine rings is 1. The molecule has 1 amide bonds.